The van der Waals surface area contributed by atoms with Crippen molar-refractivity contribution in [2.75, 3.05) is 5.88 Å². The lowest BCUT2D eigenvalue weighted by molar-refractivity contribution is 0.622. The largest absolute Gasteiger partial charge is 0.207 e. The number of benzene rings is 1. The third kappa shape index (κ3) is 2.87. The van der Waals surface area contributed by atoms with Crippen LogP contribution in [0.15, 0.2) is 18.2 Å². The molecule has 0 aliphatic carbocycles. The van der Waals surface area contributed by atoms with Crippen molar-refractivity contribution in [1.82, 2.24) is 0 Å². The Kier molecular flexibility index (Phi) is 4.19. The standard InChI is InChI=1S/C10H8Cl2FN/c11-5-7(6-14)3-8-4-9(13)1-2-10(8)12/h1-2,4,7H,3,5H2. The molecule has 1 aromatic rings. The molecule has 0 aliphatic rings. The Labute approximate surface area is 92.1 Å². The van der Waals surface area contributed by atoms with E-state index in [1.807, 2.05) is 6.07 Å². The summed E-state index contributed by atoms with van der Waals surface area (Å²) in [6, 6.07) is 6.13. The number of rotatable bonds is 3. The number of alkyl halides is 1. The molecule has 0 saturated carbocycles. The molecule has 0 amide bonds. The average molecular weight is 232 g/mol. The third-order valence-electron chi connectivity index (χ3n) is 1.84. The van der Waals surface area contributed by atoms with Crippen LogP contribution < -0.4 is 0 Å². The van der Waals surface area contributed by atoms with E-state index in [0.29, 0.717) is 17.0 Å². The minimum absolute atomic E-state index is 0.226. The van der Waals surface area contributed by atoms with E-state index >= 15 is 0 Å². The molecule has 1 unspecified atom stereocenters. The van der Waals surface area contributed by atoms with Crippen molar-refractivity contribution < 1.29 is 4.39 Å². The number of nitrogens with zero attached hydrogens (tertiary/aromatic N) is 1. The average Bonchev–Trinajstić information content (AvgIpc) is 2.19. The molecule has 0 bridgehead atoms. The van der Waals surface area contributed by atoms with Crippen LogP contribution in [0.25, 0.3) is 0 Å². The molecule has 0 fully saturated rings. The van der Waals surface area contributed by atoms with Gasteiger partial charge in [-0.25, -0.2) is 4.39 Å². The minimum atomic E-state index is -0.351. The first kappa shape index (κ1) is 11.3. The van der Waals surface area contributed by atoms with Crippen molar-refractivity contribution in [1.29, 1.82) is 5.26 Å². The summed E-state index contributed by atoms with van der Waals surface area (Å²) in [5.74, 6) is -0.449. The summed E-state index contributed by atoms with van der Waals surface area (Å²) in [6.45, 7) is 0. The molecule has 1 aromatic carbocycles. The van der Waals surface area contributed by atoms with Crippen molar-refractivity contribution in [2.24, 2.45) is 5.92 Å². The Morgan fingerprint density at radius 3 is 2.79 bits per heavy atom. The zero-order valence-corrected chi connectivity index (χ0v) is 8.82. The molecule has 0 N–H and O–H groups in total. The van der Waals surface area contributed by atoms with Gasteiger partial charge < -0.3 is 0 Å². The Morgan fingerprint density at radius 1 is 1.50 bits per heavy atom. The fourth-order valence-electron chi connectivity index (χ4n) is 1.10. The molecule has 0 heterocycles. The highest BCUT2D eigenvalue weighted by Crippen LogP contribution is 2.20. The molecule has 0 aliphatic heterocycles. The van der Waals surface area contributed by atoms with Crippen LogP contribution in [0.2, 0.25) is 5.02 Å². The van der Waals surface area contributed by atoms with Crippen molar-refractivity contribution in [3.8, 4) is 6.07 Å². The Bertz CT molecular complexity index is 360. The lowest BCUT2D eigenvalue weighted by Crippen LogP contribution is -2.04. The van der Waals surface area contributed by atoms with Gasteiger partial charge in [0.05, 0.1) is 12.0 Å². The van der Waals surface area contributed by atoms with Crippen LogP contribution in [0.5, 0.6) is 0 Å². The van der Waals surface area contributed by atoms with Crippen LogP contribution in [-0.4, -0.2) is 5.88 Å². The van der Waals surface area contributed by atoms with Crippen molar-refractivity contribution >= 4 is 23.2 Å². The summed E-state index contributed by atoms with van der Waals surface area (Å²) in [7, 11) is 0. The lowest BCUT2D eigenvalue weighted by Gasteiger charge is -2.06. The summed E-state index contributed by atoms with van der Waals surface area (Å²) < 4.78 is 12.8. The monoisotopic (exact) mass is 231 g/mol. The molecule has 0 aromatic heterocycles. The third-order valence-corrected chi connectivity index (χ3v) is 2.58. The van der Waals surface area contributed by atoms with Gasteiger partial charge in [0.2, 0.25) is 0 Å². The summed E-state index contributed by atoms with van der Waals surface area (Å²) in [6.07, 6.45) is 0.386. The summed E-state index contributed by atoms with van der Waals surface area (Å²) >= 11 is 11.4. The highest BCUT2D eigenvalue weighted by atomic mass is 35.5. The van der Waals surface area contributed by atoms with Gasteiger partial charge in [-0.2, -0.15) is 5.26 Å². The van der Waals surface area contributed by atoms with Gasteiger partial charge in [-0.15, -0.1) is 11.6 Å². The van der Waals surface area contributed by atoms with Crippen LogP contribution >= 0.6 is 23.2 Å². The normalized spacial score (nSPS) is 12.1. The molecule has 1 nitrogen and oxygen atoms in total. The molecule has 1 atom stereocenters. The van der Waals surface area contributed by atoms with Crippen LogP contribution in [-0.2, 0) is 6.42 Å². The van der Waals surface area contributed by atoms with Gasteiger partial charge in [0, 0.05) is 10.9 Å². The van der Waals surface area contributed by atoms with Gasteiger partial charge in [0.1, 0.15) is 5.82 Å². The molecule has 0 radical (unpaired) electrons. The second kappa shape index (κ2) is 5.19. The summed E-state index contributed by atoms with van der Waals surface area (Å²) in [4.78, 5) is 0. The fraction of sp³-hybridized carbons (Fsp3) is 0.300. The van der Waals surface area contributed by atoms with E-state index in [1.165, 1.54) is 18.2 Å². The second-order valence-electron chi connectivity index (χ2n) is 2.92. The molecular weight excluding hydrogens is 224 g/mol. The highest BCUT2D eigenvalue weighted by molar-refractivity contribution is 6.31. The van der Waals surface area contributed by atoms with Gasteiger partial charge in [0.25, 0.3) is 0 Å². The van der Waals surface area contributed by atoms with E-state index in [4.69, 9.17) is 28.5 Å². The molecule has 0 saturated heterocycles. The second-order valence-corrected chi connectivity index (χ2v) is 3.64. The van der Waals surface area contributed by atoms with E-state index in [9.17, 15) is 4.39 Å². The molecule has 1 rings (SSSR count). The van der Waals surface area contributed by atoms with E-state index < -0.39 is 0 Å². The summed E-state index contributed by atoms with van der Waals surface area (Å²) in [5.41, 5.74) is 0.624. The topological polar surface area (TPSA) is 23.8 Å². The number of nitriles is 1. The van der Waals surface area contributed by atoms with Gasteiger partial charge in [-0.05, 0) is 30.2 Å². The first-order valence-electron chi connectivity index (χ1n) is 4.07. The maximum atomic E-state index is 12.8. The smallest absolute Gasteiger partial charge is 0.123 e. The Morgan fingerprint density at radius 2 is 2.21 bits per heavy atom. The predicted molar refractivity (Wildman–Crippen MR) is 54.9 cm³/mol. The van der Waals surface area contributed by atoms with Crippen molar-refractivity contribution in [2.45, 2.75) is 6.42 Å². The Hall–Kier alpha value is -0.780. The molecule has 0 spiro atoms. The van der Waals surface area contributed by atoms with Crippen LogP contribution in [0, 0.1) is 23.1 Å². The van der Waals surface area contributed by atoms with Crippen molar-refractivity contribution in [3.63, 3.8) is 0 Å². The van der Waals surface area contributed by atoms with Crippen LogP contribution in [0.4, 0.5) is 4.39 Å². The molecule has 14 heavy (non-hydrogen) atoms. The number of hydrogen-bond donors (Lipinski definition) is 0. The van der Waals surface area contributed by atoms with E-state index in [-0.39, 0.29) is 17.6 Å². The van der Waals surface area contributed by atoms with Gasteiger partial charge >= 0.3 is 0 Å². The quantitative estimate of drug-likeness (QED) is 0.732. The van der Waals surface area contributed by atoms with Gasteiger partial charge in [-0.1, -0.05) is 11.6 Å². The molecular formula is C10H8Cl2FN. The van der Waals surface area contributed by atoms with Gasteiger partial charge in [-0.3, -0.25) is 0 Å². The molecule has 74 valence electrons. The van der Waals surface area contributed by atoms with E-state index in [1.54, 1.807) is 0 Å². The van der Waals surface area contributed by atoms with Gasteiger partial charge in [0.15, 0.2) is 0 Å². The Balaban J connectivity index is 2.86. The highest BCUT2D eigenvalue weighted by Gasteiger charge is 2.10. The zero-order valence-electron chi connectivity index (χ0n) is 7.30. The SMILES string of the molecule is N#CC(CCl)Cc1cc(F)ccc1Cl. The first-order chi connectivity index (χ1) is 6.67. The fourth-order valence-corrected chi connectivity index (χ4v) is 1.47. The van der Waals surface area contributed by atoms with E-state index in [0.717, 1.165) is 0 Å². The number of halogens is 3. The minimum Gasteiger partial charge on any atom is -0.207 e. The predicted octanol–water partition coefficient (Wildman–Crippen LogP) is 3.40. The van der Waals surface area contributed by atoms with Crippen LogP contribution in [0.3, 0.4) is 0 Å². The maximum absolute atomic E-state index is 12.8. The number of hydrogen-bond acceptors (Lipinski definition) is 1. The first-order valence-corrected chi connectivity index (χ1v) is 4.98. The maximum Gasteiger partial charge on any atom is 0.123 e. The summed E-state index contributed by atoms with van der Waals surface area (Å²) in [5, 5.41) is 9.15. The van der Waals surface area contributed by atoms with E-state index in [2.05, 4.69) is 0 Å². The molecule has 4 heteroatoms. The van der Waals surface area contributed by atoms with Crippen molar-refractivity contribution in [3.05, 3.63) is 34.6 Å². The zero-order chi connectivity index (χ0) is 10.6. The lowest BCUT2D eigenvalue weighted by atomic mass is 10.0. The van der Waals surface area contributed by atoms with Crippen LogP contribution in [0.1, 0.15) is 5.56 Å².